The highest BCUT2D eigenvalue weighted by Gasteiger charge is 2.10. The summed E-state index contributed by atoms with van der Waals surface area (Å²) in [6.45, 7) is 2.15. The van der Waals surface area contributed by atoms with Crippen molar-refractivity contribution in [3.8, 4) is 0 Å². The lowest BCUT2D eigenvalue weighted by atomic mass is 10.1. The minimum atomic E-state index is -0.427. The van der Waals surface area contributed by atoms with Crippen LogP contribution in [0.1, 0.15) is 43.7 Å². The van der Waals surface area contributed by atoms with Gasteiger partial charge in [0.05, 0.1) is 6.20 Å². The molecule has 0 saturated heterocycles. The summed E-state index contributed by atoms with van der Waals surface area (Å²) in [6.07, 6.45) is 5.34. The van der Waals surface area contributed by atoms with Crippen molar-refractivity contribution in [3.63, 3.8) is 0 Å². The number of aliphatic hydroxyl groups is 1. The van der Waals surface area contributed by atoms with E-state index < -0.39 is 6.10 Å². The Morgan fingerprint density at radius 2 is 2.38 bits per heavy atom. The molecule has 13 heavy (non-hydrogen) atoms. The highest BCUT2D eigenvalue weighted by molar-refractivity contribution is 7.15. The molecule has 4 heteroatoms. The van der Waals surface area contributed by atoms with E-state index in [9.17, 15) is 5.11 Å². The molecule has 1 atom stereocenters. The van der Waals surface area contributed by atoms with E-state index in [0.717, 1.165) is 24.3 Å². The van der Waals surface area contributed by atoms with Gasteiger partial charge in [-0.15, -0.1) is 11.3 Å². The predicted molar refractivity (Wildman–Crippen MR) is 56.2 cm³/mol. The summed E-state index contributed by atoms with van der Waals surface area (Å²) in [5.41, 5.74) is 0. The molecule has 0 aliphatic rings. The Morgan fingerprint density at radius 3 is 2.92 bits per heavy atom. The monoisotopic (exact) mass is 219 g/mol. The highest BCUT2D eigenvalue weighted by Crippen LogP contribution is 2.26. The third kappa shape index (κ3) is 3.63. The smallest absolute Gasteiger partial charge is 0.123 e. The molecule has 0 radical (unpaired) electrons. The first-order chi connectivity index (χ1) is 6.24. The number of unbranched alkanes of at least 4 members (excludes halogenated alkanes) is 2. The Balaban J connectivity index is 2.35. The van der Waals surface area contributed by atoms with Crippen LogP contribution in [-0.2, 0) is 0 Å². The number of hydrogen-bond donors (Lipinski definition) is 1. The van der Waals surface area contributed by atoms with Gasteiger partial charge < -0.3 is 5.11 Å². The van der Waals surface area contributed by atoms with Crippen LogP contribution in [0.3, 0.4) is 0 Å². The fourth-order valence-corrected chi connectivity index (χ4v) is 2.08. The van der Waals surface area contributed by atoms with Crippen LogP contribution in [-0.4, -0.2) is 10.1 Å². The van der Waals surface area contributed by atoms with Crippen LogP contribution in [0.4, 0.5) is 0 Å². The van der Waals surface area contributed by atoms with Crippen LogP contribution in [0.2, 0.25) is 4.34 Å². The maximum absolute atomic E-state index is 9.65. The minimum absolute atomic E-state index is 0.427. The molecule has 0 aliphatic carbocycles. The first-order valence-electron chi connectivity index (χ1n) is 4.53. The van der Waals surface area contributed by atoms with Crippen molar-refractivity contribution >= 4 is 22.9 Å². The third-order valence-corrected chi connectivity index (χ3v) is 3.08. The summed E-state index contributed by atoms with van der Waals surface area (Å²) in [5.74, 6) is 0. The largest absolute Gasteiger partial charge is 0.386 e. The van der Waals surface area contributed by atoms with Crippen molar-refractivity contribution in [1.29, 1.82) is 0 Å². The molecule has 0 amide bonds. The van der Waals surface area contributed by atoms with Crippen molar-refractivity contribution in [3.05, 3.63) is 15.5 Å². The van der Waals surface area contributed by atoms with E-state index in [1.165, 1.54) is 17.8 Å². The van der Waals surface area contributed by atoms with Crippen molar-refractivity contribution in [2.24, 2.45) is 0 Å². The van der Waals surface area contributed by atoms with Crippen LogP contribution in [0.5, 0.6) is 0 Å². The van der Waals surface area contributed by atoms with Gasteiger partial charge in [-0.2, -0.15) is 0 Å². The number of rotatable bonds is 5. The Kier molecular flexibility index (Phi) is 4.70. The van der Waals surface area contributed by atoms with Gasteiger partial charge in [0.2, 0.25) is 0 Å². The lowest BCUT2D eigenvalue weighted by Crippen LogP contribution is -1.95. The van der Waals surface area contributed by atoms with Crippen LogP contribution in [0.25, 0.3) is 0 Å². The van der Waals surface area contributed by atoms with Crippen molar-refractivity contribution in [2.45, 2.75) is 38.7 Å². The molecule has 1 rings (SSSR count). The maximum atomic E-state index is 9.65. The average molecular weight is 220 g/mol. The lowest BCUT2D eigenvalue weighted by molar-refractivity contribution is 0.163. The molecular weight excluding hydrogens is 206 g/mol. The summed E-state index contributed by atoms with van der Waals surface area (Å²) >= 11 is 7.07. The summed E-state index contributed by atoms with van der Waals surface area (Å²) < 4.78 is 0.643. The molecule has 0 aliphatic heterocycles. The Labute approximate surface area is 87.6 Å². The molecule has 1 N–H and O–H groups in total. The Hall–Kier alpha value is -0.120. The zero-order valence-corrected chi connectivity index (χ0v) is 9.24. The van der Waals surface area contributed by atoms with E-state index in [-0.39, 0.29) is 0 Å². The number of aromatic nitrogens is 1. The number of aliphatic hydroxyl groups excluding tert-OH is 1. The van der Waals surface area contributed by atoms with Gasteiger partial charge in [-0.1, -0.05) is 37.8 Å². The fourth-order valence-electron chi connectivity index (χ4n) is 1.13. The normalized spacial score (nSPS) is 13.2. The molecule has 0 bridgehead atoms. The van der Waals surface area contributed by atoms with E-state index >= 15 is 0 Å². The summed E-state index contributed by atoms with van der Waals surface area (Å²) in [7, 11) is 0. The van der Waals surface area contributed by atoms with Crippen LogP contribution >= 0.6 is 22.9 Å². The summed E-state index contributed by atoms with van der Waals surface area (Å²) in [4.78, 5) is 4.03. The van der Waals surface area contributed by atoms with E-state index in [2.05, 4.69) is 11.9 Å². The first-order valence-corrected chi connectivity index (χ1v) is 5.72. The first kappa shape index (κ1) is 11.0. The molecule has 0 fully saturated rings. The van der Waals surface area contributed by atoms with Gasteiger partial charge in [-0.25, -0.2) is 4.98 Å². The van der Waals surface area contributed by atoms with E-state index in [4.69, 9.17) is 11.6 Å². The number of halogens is 1. The molecule has 1 aromatic rings. The molecule has 0 saturated carbocycles. The number of thiazole rings is 1. The fraction of sp³-hybridized carbons (Fsp3) is 0.667. The molecular formula is C9H14ClNOS. The molecule has 74 valence electrons. The van der Waals surface area contributed by atoms with Crippen molar-refractivity contribution in [2.75, 3.05) is 0 Å². The molecule has 1 heterocycles. The maximum Gasteiger partial charge on any atom is 0.123 e. The predicted octanol–water partition coefficient (Wildman–Crippen LogP) is 3.41. The van der Waals surface area contributed by atoms with Gasteiger partial charge in [-0.3, -0.25) is 0 Å². The van der Waals surface area contributed by atoms with Crippen LogP contribution in [0.15, 0.2) is 6.20 Å². The topological polar surface area (TPSA) is 33.1 Å². The Morgan fingerprint density at radius 1 is 1.62 bits per heavy atom. The second-order valence-electron chi connectivity index (χ2n) is 3.01. The SMILES string of the molecule is CCCCCC(O)c1ncc(Cl)s1. The van der Waals surface area contributed by atoms with Gasteiger partial charge in [0.1, 0.15) is 15.4 Å². The Bertz CT molecular complexity index is 252. The minimum Gasteiger partial charge on any atom is -0.386 e. The average Bonchev–Trinajstić information content (AvgIpc) is 2.52. The second kappa shape index (κ2) is 5.58. The summed E-state index contributed by atoms with van der Waals surface area (Å²) in [6, 6.07) is 0. The van der Waals surface area contributed by atoms with Crippen LogP contribution in [0, 0.1) is 0 Å². The van der Waals surface area contributed by atoms with Gasteiger partial charge in [-0.05, 0) is 6.42 Å². The van der Waals surface area contributed by atoms with Gasteiger partial charge in [0.25, 0.3) is 0 Å². The highest BCUT2D eigenvalue weighted by atomic mass is 35.5. The molecule has 2 nitrogen and oxygen atoms in total. The van der Waals surface area contributed by atoms with Crippen molar-refractivity contribution in [1.82, 2.24) is 4.98 Å². The van der Waals surface area contributed by atoms with Crippen molar-refractivity contribution < 1.29 is 5.11 Å². The second-order valence-corrected chi connectivity index (χ2v) is 4.71. The lowest BCUT2D eigenvalue weighted by Gasteiger charge is -2.05. The van der Waals surface area contributed by atoms with E-state index in [1.807, 2.05) is 0 Å². The third-order valence-electron chi connectivity index (χ3n) is 1.86. The van der Waals surface area contributed by atoms with Gasteiger partial charge in [0.15, 0.2) is 0 Å². The summed E-state index contributed by atoms with van der Waals surface area (Å²) in [5, 5.41) is 10.4. The standard InChI is InChI=1S/C9H14ClNOS/c1-2-3-4-5-7(12)9-11-6-8(10)13-9/h6-7,12H,2-5H2,1H3. The quantitative estimate of drug-likeness (QED) is 0.770. The molecule has 0 spiro atoms. The van der Waals surface area contributed by atoms with Gasteiger partial charge >= 0.3 is 0 Å². The molecule has 1 unspecified atom stereocenters. The molecule has 0 aromatic carbocycles. The van der Waals surface area contributed by atoms with Gasteiger partial charge in [0, 0.05) is 0 Å². The number of nitrogens with zero attached hydrogens (tertiary/aromatic N) is 1. The van der Waals surface area contributed by atoms with E-state index in [1.54, 1.807) is 6.20 Å². The zero-order valence-electron chi connectivity index (χ0n) is 7.66. The zero-order chi connectivity index (χ0) is 9.68. The molecule has 1 aromatic heterocycles. The van der Waals surface area contributed by atoms with E-state index in [0.29, 0.717) is 4.34 Å². The van der Waals surface area contributed by atoms with Crippen LogP contribution < -0.4 is 0 Å². The number of hydrogen-bond acceptors (Lipinski definition) is 3.